The summed E-state index contributed by atoms with van der Waals surface area (Å²) in [6.45, 7) is 6.21. The Bertz CT molecular complexity index is 411. The van der Waals surface area contributed by atoms with Gasteiger partial charge in [0, 0.05) is 19.1 Å². The van der Waals surface area contributed by atoms with Gasteiger partial charge in [-0.05, 0) is 40.0 Å². The summed E-state index contributed by atoms with van der Waals surface area (Å²) in [4.78, 5) is 0. The number of hydrogen-bond donors (Lipinski definition) is 1. The standard InChI is InChI=1S/C13H23N3O2/c1-12(2,3)16-10(14-15-11(16)9-17)8-13(18-4)6-5-7-13/h17H,5-9H2,1-4H3. The van der Waals surface area contributed by atoms with E-state index in [1.54, 1.807) is 7.11 Å². The Labute approximate surface area is 108 Å². The van der Waals surface area contributed by atoms with Gasteiger partial charge in [0.2, 0.25) is 0 Å². The van der Waals surface area contributed by atoms with Crippen molar-refractivity contribution in [2.24, 2.45) is 0 Å². The Morgan fingerprint density at radius 2 is 1.89 bits per heavy atom. The molecule has 18 heavy (non-hydrogen) atoms. The Morgan fingerprint density at radius 3 is 2.28 bits per heavy atom. The molecular weight excluding hydrogens is 230 g/mol. The van der Waals surface area contributed by atoms with Gasteiger partial charge in [0.05, 0.1) is 5.60 Å². The highest BCUT2D eigenvalue weighted by molar-refractivity contribution is 5.06. The van der Waals surface area contributed by atoms with Gasteiger partial charge in [-0.2, -0.15) is 0 Å². The number of methoxy groups -OCH3 is 1. The summed E-state index contributed by atoms with van der Waals surface area (Å²) in [5, 5.41) is 17.7. The molecule has 0 aliphatic heterocycles. The van der Waals surface area contributed by atoms with E-state index in [-0.39, 0.29) is 17.7 Å². The molecule has 1 aliphatic carbocycles. The van der Waals surface area contributed by atoms with Crippen LogP contribution in [-0.4, -0.2) is 32.6 Å². The first kappa shape index (κ1) is 13.5. The minimum atomic E-state index is -0.129. The Hall–Kier alpha value is -0.940. The number of rotatable bonds is 4. The molecule has 1 aromatic heterocycles. The van der Waals surface area contributed by atoms with Gasteiger partial charge in [0.1, 0.15) is 12.4 Å². The van der Waals surface area contributed by atoms with Gasteiger partial charge in [0.25, 0.3) is 0 Å². The number of nitrogens with zero attached hydrogens (tertiary/aromatic N) is 3. The Kier molecular flexibility index (Phi) is 3.47. The number of ether oxygens (including phenoxy) is 1. The molecule has 1 N–H and O–H groups in total. The lowest BCUT2D eigenvalue weighted by Gasteiger charge is -2.40. The lowest BCUT2D eigenvalue weighted by Crippen LogP contribution is -2.43. The maximum absolute atomic E-state index is 9.37. The molecule has 0 spiro atoms. The second kappa shape index (κ2) is 4.63. The summed E-state index contributed by atoms with van der Waals surface area (Å²) < 4.78 is 7.68. The maximum Gasteiger partial charge on any atom is 0.159 e. The van der Waals surface area contributed by atoms with Crippen LogP contribution in [0.3, 0.4) is 0 Å². The molecule has 5 heteroatoms. The second-order valence-electron chi connectivity index (χ2n) is 6.11. The molecule has 2 rings (SSSR count). The van der Waals surface area contributed by atoms with Crippen LogP contribution >= 0.6 is 0 Å². The molecule has 0 amide bonds. The zero-order valence-electron chi connectivity index (χ0n) is 11.7. The summed E-state index contributed by atoms with van der Waals surface area (Å²) >= 11 is 0. The van der Waals surface area contributed by atoms with E-state index in [1.807, 2.05) is 4.57 Å². The van der Waals surface area contributed by atoms with Crippen molar-refractivity contribution in [1.29, 1.82) is 0 Å². The van der Waals surface area contributed by atoms with E-state index < -0.39 is 0 Å². The van der Waals surface area contributed by atoms with Gasteiger partial charge in [0.15, 0.2) is 5.82 Å². The lowest BCUT2D eigenvalue weighted by atomic mass is 9.77. The van der Waals surface area contributed by atoms with Crippen LogP contribution in [0.5, 0.6) is 0 Å². The molecule has 1 aliphatic rings. The number of aliphatic hydroxyl groups is 1. The maximum atomic E-state index is 9.37. The second-order valence-corrected chi connectivity index (χ2v) is 6.11. The van der Waals surface area contributed by atoms with Crippen LogP contribution in [0.2, 0.25) is 0 Å². The van der Waals surface area contributed by atoms with E-state index in [4.69, 9.17) is 4.74 Å². The summed E-state index contributed by atoms with van der Waals surface area (Å²) in [5.41, 5.74) is -0.196. The van der Waals surface area contributed by atoms with Gasteiger partial charge in [-0.25, -0.2) is 0 Å². The van der Waals surface area contributed by atoms with Crippen molar-refractivity contribution in [3.63, 3.8) is 0 Å². The molecule has 0 aromatic carbocycles. The molecule has 5 nitrogen and oxygen atoms in total. The number of hydrogen-bond acceptors (Lipinski definition) is 4. The van der Waals surface area contributed by atoms with Gasteiger partial charge >= 0.3 is 0 Å². The number of aromatic nitrogens is 3. The van der Waals surface area contributed by atoms with E-state index in [9.17, 15) is 5.11 Å². The van der Waals surface area contributed by atoms with Crippen molar-refractivity contribution in [2.75, 3.05) is 7.11 Å². The fraction of sp³-hybridized carbons (Fsp3) is 0.846. The third kappa shape index (κ3) is 2.29. The molecule has 0 saturated heterocycles. The van der Waals surface area contributed by atoms with Gasteiger partial charge < -0.3 is 14.4 Å². The summed E-state index contributed by atoms with van der Waals surface area (Å²) in [6, 6.07) is 0. The molecule has 1 fully saturated rings. The quantitative estimate of drug-likeness (QED) is 0.886. The molecule has 1 aromatic rings. The smallest absolute Gasteiger partial charge is 0.159 e. The van der Waals surface area contributed by atoms with Crippen LogP contribution in [0, 0.1) is 0 Å². The predicted molar refractivity (Wildman–Crippen MR) is 68.2 cm³/mol. The van der Waals surface area contributed by atoms with Crippen LogP contribution in [0.25, 0.3) is 0 Å². The van der Waals surface area contributed by atoms with Crippen molar-refractivity contribution in [1.82, 2.24) is 14.8 Å². The minimum Gasteiger partial charge on any atom is -0.388 e. The molecule has 0 unspecified atom stereocenters. The summed E-state index contributed by atoms with van der Waals surface area (Å²) in [5.74, 6) is 1.54. The first-order valence-corrected chi connectivity index (χ1v) is 6.51. The monoisotopic (exact) mass is 253 g/mol. The third-order valence-electron chi connectivity index (χ3n) is 3.79. The zero-order chi connectivity index (χ0) is 13.4. The van der Waals surface area contributed by atoms with E-state index in [1.165, 1.54) is 6.42 Å². The topological polar surface area (TPSA) is 60.2 Å². The first-order chi connectivity index (χ1) is 8.42. The van der Waals surface area contributed by atoms with E-state index in [0.717, 1.165) is 25.1 Å². The average Bonchev–Trinajstić information content (AvgIpc) is 2.65. The zero-order valence-corrected chi connectivity index (χ0v) is 11.7. The molecule has 0 radical (unpaired) electrons. The van der Waals surface area contributed by atoms with Gasteiger partial charge in [-0.3, -0.25) is 0 Å². The molecule has 0 atom stereocenters. The predicted octanol–water partition coefficient (Wildman–Crippen LogP) is 1.64. The Morgan fingerprint density at radius 1 is 1.28 bits per heavy atom. The molecule has 102 valence electrons. The first-order valence-electron chi connectivity index (χ1n) is 6.51. The highest BCUT2D eigenvalue weighted by atomic mass is 16.5. The fourth-order valence-electron chi connectivity index (χ4n) is 2.66. The fourth-order valence-corrected chi connectivity index (χ4v) is 2.66. The van der Waals surface area contributed by atoms with Crippen LogP contribution in [0.15, 0.2) is 0 Å². The van der Waals surface area contributed by atoms with Crippen LogP contribution in [0.1, 0.15) is 51.7 Å². The SMILES string of the molecule is COC1(Cc2nnc(CO)n2C(C)(C)C)CCC1. The van der Waals surface area contributed by atoms with E-state index in [2.05, 4.69) is 31.0 Å². The highest BCUT2D eigenvalue weighted by Gasteiger charge is 2.39. The van der Waals surface area contributed by atoms with Crippen LogP contribution in [0.4, 0.5) is 0 Å². The van der Waals surface area contributed by atoms with Crippen LogP contribution in [-0.2, 0) is 23.3 Å². The van der Waals surface area contributed by atoms with E-state index >= 15 is 0 Å². The molecular formula is C13H23N3O2. The third-order valence-corrected chi connectivity index (χ3v) is 3.79. The average molecular weight is 253 g/mol. The molecule has 1 saturated carbocycles. The highest BCUT2D eigenvalue weighted by Crippen LogP contribution is 2.38. The van der Waals surface area contributed by atoms with Crippen molar-refractivity contribution >= 4 is 0 Å². The van der Waals surface area contributed by atoms with Crippen molar-refractivity contribution < 1.29 is 9.84 Å². The van der Waals surface area contributed by atoms with Crippen LogP contribution < -0.4 is 0 Å². The Balaban J connectivity index is 2.31. The molecule has 1 heterocycles. The lowest BCUT2D eigenvalue weighted by molar-refractivity contribution is -0.0730. The van der Waals surface area contributed by atoms with E-state index in [0.29, 0.717) is 5.82 Å². The summed E-state index contributed by atoms with van der Waals surface area (Å²) in [6.07, 6.45) is 4.14. The van der Waals surface area contributed by atoms with Gasteiger partial charge in [-0.15, -0.1) is 10.2 Å². The molecule has 0 bridgehead atoms. The minimum absolute atomic E-state index is 0.0667. The number of aliphatic hydroxyl groups excluding tert-OH is 1. The summed E-state index contributed by atoms with van der Waals surface area (Å²) in [7, 11) is 1.77. The van der Waals surface area contributed by atoms with Gasteiger partial charge in [-0.1, -0.05) is 0 Å². The normalized spacial score (nSPS) is 18.7. The largest absolute Gasteiger partial charge is 0.388 e. The van der Waals surface area contributed by atoms with Crippen molar-refractivity contribution in [2.45, 2.75) is 64.2 Å². The van der Waals surface area contributed by atoms with Crippen molar-refractivity contribution in [3.8, 4) is 0 Å². The van der Waals surface area contributed by atoms with Crippen molar-refractivity contribution in [3.05, 3.63) is 11.6 Å².